The SMILES string of the molecule is CCc1ccc(-c2nc(SCC(=O)Nc3ccc([N+](=O)[O-])cc3Br)n[nH]2)cc1. The number of nitro benzene ring substituents is 1. The molecule has 144 valence electrons. The van der Waals surface area contributed by atoms with Gasteiger partial charge in [0.1, 0.15) is 0 Å². The Hall–Kier alpha value is -2.72. The monoisotopic (exact) mass is 461 g/mol. The summed E-state index contributed by atoms with van der Waals surface area (Å²) in [5.74, 6) is 0.483. The highest BCUT2D eigenvalue weighted by molar-refractivity contribution is 9.10. The van der Waals surface area contributed by atoms with Gasteiger partial charge >= 0.3 is 0 Å². The fourth-order valence-corrected chi connectivity index (χ4v) is 3.44. The molecule has 2 N–H and O–H groups in total. The first-order valence-corrected chi connectivity index (χ1v) is 10.1. The number of nitrogens with one attached hydrogen (secondary N) is 2. The van der Waals surface area contributed by atoms with Gasteiger partial charge in [0.25, 0.3) is 5.69 Å². The van der Waals surface area contributed by atoms with Gasteiger partial charge < -0.3 is 5.32 Å². The molecule has 0 atom stereocenters. The smallest absolute Gasteiger partial charge is 0.270 e. The molecule has 3 aromatic rings. The van der Waals surface area contributed by atoms with Crippen LogP contribution in [0.3, 0.4) is 0 Å². The summed E-state index contributed by atoms with van der Waals surface area (Å²) in [6.07, 6.45) is 0.970. The van der Waals surface area contributed by atoms with E-state index in [0.717, 1.165) is 12.0 Å². The number of halogens is 1. The Morgan fingerprint density at radius 3 is 2.68 bits per heavy atom. The number of amides is 1. The van der Waals surface area contributed by atoms with E-state index >= 15 is 0 Å². The Kier molecular flexibility index (Phi) is 6.42. The predicted molar refractivity (Wildman–Crippen MR) is 111 cm³/mol. The fraction of sp³-hybridized carbons (Fsp3) is 0.167. The molecule has 0 saturated carbocycles. The van der Waals surface area contributed by atoms with E-state index in [1.807, 2.05) is 24.3 Å². The summed E-state index contributed by atoms with van der Waals surface area (Å²) in [6, 6.07) is 12.2. The third-order valence-electron chi connectivity index (χ3n) is 3.87. The van der Waals surface area contributed by atoms with Crippen molar-refractivity contribution in [3.63, 3.8) is 0 Å². The number of nitro groups is 1. The van der Waals surface area contributed by atoms with Crippen molar-refractivity contribution in [1.82, 2.24) is 15.2 Å². The minimum absolute atomic E-state index is 0.0560. The van der Waals surface area contributed by atoms with E-state index in [-0.39, 0.29) is 17.3 Å². The van der Waals surface area contributed by atoms with E-state index in [1.165, 1.54) is 35.5 Å². The largest absolute Gasteiger partial charge is 0.324 e. The van der Waals surface area contributed by atoms with Crippen LogP contribution in [0.25, 0.3) is 11.4 Å². The van der Waals surface area contributed by atoms with E-state index in [0.29, 0.717) is 21.1 Å². The summed E-state index contributed by atoms with van der Waals surface area (Å²) >= 11 is 4.42. The van der Waals surface area contributed by atoms with Crippen LogP contribution in [0.1, 0.15) is 12.5 Å². The third-order valence-corrected chi connectivity index (χ3v) is 5.37. The number of benzene rings is 2. The molecule has 10 heteroatoms. The molecule has 0 radical (unpaired) electrons. The van der Waals surface area contributed by atoms with Crippen LogP contribution in [0.4, 0.5) is 11.4 Å². The molecule has 0 spiro atoms. The number of anilines is 1. The van der Waals surface area contributed by atoms with Crippen molar-refractivity contribution in [1.29, 1.82) is 0 Å². The lowest BCUT2D eigenvalue weighted by atomic mass is 10.1. The van der Waals surface area contributed by atoms with Crippen molar-refractivity contribution in [2.45, 2.75) is 18.5 Å². The maximum absolute atomic E-state index is 12.2. The molecule has 0 aliphatic carbocycles. The molecule has 0 bridgehead atoms. The van der Waals surface area contributed by atoms with Crippen LogP contribution in [0.2, 0.25) is 0 Å². The number of hydrogen-bond acceptors (Lipinski definition) is 6. The summed E-state index contributed by atoms with van der Waals surface area (Å²) in [5.41, 5.74) is 2.57. The van der Waals surface area contributed by atoms with Gasteiger partial charge in [-0.25, -0.2) is 4.98 Å². The maximum Gasteiger partial charge on any atom is 0.270 e. The number of aromatic nitrogens is 3. The molecule has 0 unspecified atom stereocenters. The Balaban J connectivity index is 1.58. The van der Waals surface area contributed by atoms with Crippen molar-refractivity contribution in [2.75, 3.05) is 11.1 Å². The van der Waals surface area contributed by atoms with Gasteiger partial charge in [0.15, 0.2) is 5.82 Å². The molecule has 2 aromatic carbocycles. The molecular weight excluding hydrogens is 446 g/mol. The van der Waals surface area contributed by atoms with E-state index < -0.39 is 4.92 Å². The van der Waals surface area contributed by atoms with E-state index in [1.54, 1.807) is 0 Å². The van der Waals surface area contributed by atoms with Crippen LogP contribution in [0.5, 0.6) is 0 Å². The molecule has 3 rings (SSSR count). The average molecular weight is 462 g/mol. The number of rotatable bonds is 7. The van der Waals surface area contributed by atoms with Crippen LogP contribution in [-0.2, 0) is 11.2 Å². The zero-order valence-electron chi connectivity index (χ0n) is 14.8. The lowest BCUT2D eigenvalue weighted by Crippen LogP contribution is -2.14. The first kappa shape index (κ1) is 20.0. The van der Waals surface area contributed by atoms with Gasteiger partial charge in [-0.2, -0.15) is 0 Å². The second-order valence-corrected chi connectivity index (χ2v) is 7.57. The summed E-state index contributed by atoms with van der Waals surface area (Å²) < 4.78 is 0.441. The topological polar surface area (TPSA) is 114 Å². The van der Waals surface area contributed by atoms with Crippen LogP contribution in [0, 0.1) is 10.1 Å². The predicted octanol–water partition coefficient (Wildman–Crippen LogP) is 4.44. The van der Waals surface area contributed by atoms with Crippen molar-refractivity contribution in [2.24, 2.45) is 0 Å². The molecule has 0 saturated heterocycles. The van der Waals surface area contributed by atoms with E-state index in [9.17, 15) is 14.9 Å². The van der Waals surface area contributed by atoms with Gasteiger partial charge in [-0.05, 0) is 34.0 Å². The number of hydrogen-bond donors (Lipinski definition) is 2. The van der Waals surface area contributed by atoms with Crippen molar-refractivity contribution < 1.29 is 9.72 Å². The lowest BCUT2D eigenvalue weighted by molar-refractivity contribution is -0.384. The van der Waals surface area contributed by atoms with Gasteiger partial charge in [-0.3, -0.25) is 20.0 Å². The summed E-state index contributed by atoms with van der Waals surface area (Å²) in [6.45, 7) is 2.10. The highest BCUT2D eigenvalue weighted by Crippen LogP contribution is 2.27. The van der Waals surface area contributed by atoms with E-state index in [2.05, 4.69) is 43.4 Å². The number of aromatic amines is 1. The first-order chi connectivity index (χ1) is 13.5. The van der Waals surface area contributed by atoms with E-state index in [4.69, 9.17) is 0 Å². The zero-order chi connectivity index (χ0) is 20.1. The Morgan fingerprint density at radius 2 is 2.04 bits per heavy atom. The molecule has 1 aromatic heterocycles. The summed E-state index contributed by atoms with van der Waals surface area (Å²) in [4.78, 5) is 26.8. The van der Waals surface area contributed by atoms with Gasteiger partial charge in [0, 0.05) is 22.2 Å². The number of H-pyrrole nitrogens is 1. The highest BCUT2D eigenvalue weighted by atomic mass is 79.9. The van der Waals surface area contributed by atoms with Gasteiger partial charge in [0.05, 0.1) is 16.4 Å². The molecule has 0 fully saturated rings. The average Bonchev–Trinajstić information content (AvgIpc) is 3.17. The van der Waals surface area contributed by atoms with Gasteiger partial charge in [-0.1, -0.05) is 43.0 Å². The summed E-state index contributed by atoms with van der Waals surface area (Å²) in [5, 5.41) is 20.9. The quantitative estimate of drug-likeness (QED) is 0.305. The molecular formula is C18H16BrN5O3S. The number of aryl methyl sites for hydroxylation is 1. The van der Waals surface area contributed by atoms with Crippen LogP contribution in [0.15, 0.2) is 52.1 Å². The molecule has 8 nitrogen and oxygen atoms in total. The maximum atomic E-state index is 12.2. The number of thioether (sulfide) groups is 1. The number of carbonyl (C=O) groups is 1. The number of nitrogens with zero attached hydrogens (tertiary/aromatic N) is 3. The highest BCUT2D eigenvalue weighted by Gasteiger charge is 2.13. The molecule has 1 heterocycles. The number of non-ortho nitro benzene ring substituents is 1. The summed E-state index contributed by atoms with van der Waals surface area (Å²) in [7, 11) is 0. The van der Waals surface area contributed by atoms with Crippen LogP contribution in [-0.4, -0.2) is 31.8 Å². The van der Waals surface area contributed by atoms with Gasteiger partial charge in [0.2, 0.25) is 11.1 Å². The molecule has 0 aliphatic rings. The minimum Gasteiger partial charge on any atom is -0.324 e. The Bertz CT molecular complexity index is 1010. The first-order valence-electron chi connectivity index (χ1n) is 8.34. The lowest BCUT2D eigenvalue weighted by Gasteiger charge is -2.06. The normalized spacial score (nSPS) is 10.6. The molecule has 1 amide bonds. The fourth-order valence-electron chi connectivity index (χ4n) is 2.37. The zero-order valence-corrected chi connectivity index (χ0v) is 17.2. The van der Waals surface area contributed by atoms with Gasteiger partial charge in [-0.15, -0.1) is 5.10 Å². The van der Waals surface area contributed by atoms with Crippen LogP contribution >= 0.6 is 27.7 Å². The number of carbonyl (C=O) groups excluding carboxylic acids is 1. The Morgan fingerprint density at radius 1 is 1.29 bits per heavy atom. The second-order valence-electron chi connectivity index (χ2n) is 5.78. The Labute approximate surface area is 173 Å². The standard InChI is InChI=1S/C18H16BrN5O3S/c1-2-11-3-5-12(6-4-11)17-21-18(23-22-17)28-10-16(25)20-15-8-7-13(24(26)27)9-14(15)19/h3-9H,2,10H2,1H3,(H,20,25)(H,21,22,23). The minimum atomic E-state index is -0.497. The van der Waals surface area contributed by atoms with Crippen molar-refractivity contribution in [3.8, 4) is 11.4 Å². The molecule has 0 aliphatic heterocycles. The third kappa shape index (κ3) is 4.96. The molecule has 28 heavy (non-hydrogen) atoms. The van der Waals surface area contributed by atoms with Crippen LogP contribution < -0.4 is 5.32 Å². The van der Waals surface area contributed by atoms with Crippen molar-refractivity contribution >= 4 is 45.0 Å². The van der Waals surface area contributed by atoms with Crippen molar-refractivity contribution in [3.05, 3.63) is 62.6 Å². The second kappa shape index (κ2) is 8.98.